The first kappa shape index (κ1) is 18.8. The van der Waals surface area contributed by atoms with Crippen LogP contribution in [0.15, 0.2) is 36.4 Å². The van der Waals surface area contributed by atoms with Crippen LogP contribution < -0.4 is 9.47 Å². The molecule has 2 aliphatic rings. The van der Waals surface area contributed by atoms with E-state index in [1.807, 2.05) is 0 Å². The summed E-state index contributed by atoms with van der Waals surface area (Å²) in [5.41, 5.74) is 1.61. The van der Waals surface area contributed by atoms with Crippen molar-refractivity contribution in [2.75, 3.05) is 6.61 Å². The number of aliphatic hydroxyl groups excluding tert-OH is 3. The van der Waals surface area contributed by atoms with Gasteiger partial charge < -0.3 is 39.7 Å². The molecule has 0 bridgehead atoms. The monoisotopic (exact) mass is 390 g/mol. The molecule has 28 heavy (non-hydrogen) atoms. The largest absolute Gasteiger partial charge is 0.508 e. The van der Waals surface area contributed by atoms with E-state index in [1.165, 1.54) is 12.1 Å². The number of aromatic hydroxyl groups is 2. The number of rotatable bonds is 3. The molecule has 0 amide bonds. The summed E-state index contributed by atoms with van der Waals surface area (Å²) in [7, 11) is 0. The smallest absolute Gasteiger partial charge is 0.228 e. The molecule has 2 aliphatic heterocycles. The van der Waals surface area contributed by atoms with Crippen LogP contribution in [0, 0.1) is 0 Å². The lowest BCUT2D eigenvalue weighted by Gasteiger charge is -2.36. The predicted octanol–water partition coefficient (Wildman–Crippen LogP) is 0.982. The molecule has 0 aliphatic carbocycles. The molecule has 0 spiro atoms. The standard InChI is InChI=1S/C20H22O8/c21-11-3-1-10(2-4-11)15-6-5-13-16(27-15)7-12(22)8-17(13)28-20-19(25)18(24)14(23)9-26-20/h1-4,7-8,14-15,18-25H,5-6,9H2/t14-,15+,18+,19-,20+/m0/s1. The van der Waals surface area contributed by atoms with E-state index in [4.69, 9.17) is 14.2 Å². The fourth-order valence-electron chi connectivity index (χ4n) is 3.48. The highest BCUT2D eigenvalue weighted by Crippen LogP contribution is 2.43. The van der Waals surface area contributed by atoms with Gasteiger partial charge in [-0.3, -0.25) is 0 Å². The summed E-state index contributed by atoms with van der Waals surface area (Å²) in [6, 6.07) is 9.63. The number of benzene rings is 2. The Bertz CT molecular complexity index is 837. The molecule has 5 N–H and O–H groups in total. The highest BCUT2D eigenvalue weighted by atomic mass is 16.7. The van der Waals surface area contributed by atoms with Gasteiger partial charge in [0.25, 0.3) is 0 Å². The van der Waals surface area contributed by atoms with Gasteiger partial charge in [0.05, 0.1) is 6.61 Å². The number of ether oxygens (including phenoxy) is 3. The molecule has 8 nitrogen and oxygen atoms in total. The fraction of sp³-hybridized carbons (Fsp3) is 0.400. The van der Waals surface area contributed by atoms with Gasteiger partial charge in [0, 0.05) is 17.7 Å². The molecule has 5 atom stereocenters. The highest BCUT2D eigenvalue weighted by Gasteiger charge is 2.39. The van der Waals surface area contributed by atoms with Crippen molar-refractivity contribution in [1.29, 1.82) is 0 Å². The molecule has 2 heterocycles. The molecule has 8 heteroatoms. The van der Waals surface area contributed by atoms with E-state index in [9.17, 15) is 25.5 Å². The van der Waals surface area contributed by atoms with Gasteiger partial charge in [-0.05, 0) is 30.5 Å². The number of fused-ring (bicyclic) bond motifs is 1. The van der Waals surface area contributed by atoms with Crippen molar-refractivity contribution in [3.05, 3.63) is 47.5 Å². The zero-order valence-corrected chi connectivity index (χ0v) is 14.9. The van der Waals surface area contributed by atoms with Gasteiger partial charge in [0.2, 0.25) is 6.29 Å². The lowest BCUT2D eigenvalue weighted by Crippen LogP contribution is -2.54. The molecule has 0 aromatic heterocycles. The Hall–Kier alpha value is -2.52. The van der Waals surface area contributed by atoms with E-state index in [0.29, 0.717) is 24.2 Å². The average molecular weight is 390 g/mol. The predicted molar refractivity (Wildman–Crippen MR) is 96.3 cm³/mol. The molecule has 2 aromatic rings. The van der Waals surface area contributed by atoms with Crippen LogP contribution in [0.25, 0.3) is 0 Å². The van der Waals surface area contributed by atoms with Gasteiger partial charge in [-0.15, -0.1) is 0 Å². The van der Waals surface area contributed by atoms with E-state index in [2.05, 4.69) is 0 Å². The minimum absolute atomic E-state index is 0.0778. The minimum atomic E-state index is -1.43. The second-order valence-corrected chi connectivity index (χ2v) is 7.03. The van der Waals surface area contributed by atoms with Crippen LogP contribution in [0.5, 0.6) is 23.0 Å². The van der Waals surface area contributed by atoms with Crippen molar-refractivity contribution in [2.24, 2.45) is 0 Å². The molecule has 2 aromatic carbocycles. The van der Waals surface area contributed by atoms with Crippen LogP contribution in [0.2, 0.25) is 0 Å². The van der Waals surface area contributed by atoms with Crippen LogP contribution in [0.3, 0.4) is 0 Å². The van der Waals surface area contributed by atoms with Crippen LogP contribution in [-0.4, -0.2) is 56.7 Å². The lowest BCUT2D eigenvalue weighted by molar-refractivity contribution is -0.242. The first-order valence-corrected chi connectivity index (χ1v) is 9.06. The van der Waals surface area contributed by atoms with Gasteiger partial charge in [-0.25, -0.2) is 0 Å². The molecule has 1 fully saturated rings. The van der Waals surface area contributed by atoms with Crippen molar-refractivity contribution in [1.82, 2.24) is 0 Å². The summed E-state index contributed by atoms with van der Waals surface area (Å²) >= 11 is 0. The van der Waals surface area contributed by atoms with Crippen LogP contribution in [0.4, 0.5) is 0 Å². The van der Waals surface area contributed by atoms with Crippen LogP contribution in [-0.2, 0) is 11.2 Å². The molecule has 1 saturated heterocycles. The Morgan fingerprint density at radius 2 is 1.68 bits per heavy atom. The highest BCUT2D eigenvalue weighted by molar-refractivity contribution is 5.51. The van der Waals surface area contributed by atoms with E-state index in [-0.39, 0.29) is 30.0 Å². The first-order chi connectivity index (χ1) is 13.4. The second-order valence-electron chi connectivity index (χ2n) is 7.03. The Balaban J connectivity index is 1.56. The van der Waals surface area contributed by atoms with Crippen LogP contribution >= 0.6 is 0 Å². The Labute approximate surface area is 161 Å². The van der Waals surface area contributed by atoms with Gasteiger partial charge in [-0.1, -0.05) is 12.1 Å². The number of phenols is 2. The van der Waals surface area contributed by atoms with E-state index >= 15 is 0 Å². The van der Waals surface area contributed by atoms with E-state index in [1.54, 1.807) is 24.3 Å². The van der Waals surface area contributed by atoms with E-state index < -0.39 is 24.6 Å². The molecule has 0 unspecified atom stereocenters. The van der Waals surface area contributed by atoms with Gasteiger partial charge in [0.15, 0.2) is 0 Å². The second kappa shape index (κ2) is 7.48. The Kier molecular flexibility index (Phi) is 5.03. The third-order valence-corrected chi connectivity index (χ3v) is 5.04. The minimum Gasteiger partial charge on any atom is -0.508 e. The number of aliphatic hydroxyl groups is 3. The number of hydrogen-bond donors (Lipinski definition) is 5. The molecule has 150 valence electrons. The normalized spacial score (nSPS) is 29.6. The summed E-state index contributed by atoms with van der Waals surface area (Å²) in [5, 5.41) is 49.0. The maximum Gasteiger partial charge on any atom is 0.228 e. The summed E-state index contributed by atoms with van der Waals surface area (Å²) in [4.78, 5) is 0. The fourth-order valence-corrected chi connectivity index (χ4v) is 3.48. The summed E-state index contributed by atoms with van der Waals surface area (Å²) in [6.45, 7) is -0.177. The Morgan fingerprint density at radius 3 is 2.43 bits per heavy atom. The summed E-state index contributed by atoms with van der Waals surface area (Å²) in [5.74, 6) is 0.828. The Morgan fingerprint density at radius 1 is 0.929 bits per heavy atom. The number of phenolic OH excluding ortho intramolecular Hbond substituents is 2. The molecular formula is C20H22O8. The molecule has 0 radical (unpaired) electrons. The van der Waals surface area contributed by atoms with Crippen molar-refractivity contribution in [2.45, 2.75) is 43.5 Å². The lowest BCUT2D eigenvalue weighted by atomic mass is 9.96. The third-order valence-electron chi connectivity index (χ3n) is 5.04. The van der Waals surface area contributed by atoms with E-state index in [0.717, 1.165) is 5.56 Å². The first-order valence-electron chi connectivity index (χ1n) is 9.06. The van der Waals surface area contributed by atoms with Crippen molar-refractivity contribution in [3.8, 4) is 23.0 Å². The SMILES string of the molecule is Oc1ccc([C@H]2CCc3c(O[C@H]4OC[C@H](O)[C@@H](O)[C@@H]4O)cc(O)cc3O2)cc1. The average Bonchev–Trinajstić information content (AvgIpc) is 2.68. The topological polar surface area (TPSA) is 129 Å². The third kappa shape index (κ3) is 3.59. The van der Waals surface area contributed by atoms with Gasteiger partial charge in [-0.2, -0.15) is 0 Å². The van der Waals surface area contributed by atoms with Crippen molar-refractivity contribution < 1.29 is 39.7 Å². The maximum absolute atomic E-state index is 10.1. The van der Waals surface area contributed by atoms with Crippen LogP contribution in [0.1, 0.15) is 23.7 Å². The molecular weight excluding hydrogens is 368 g/mol. The quantitative estimate of drug-likeness (QED) is 0.525. The molecule has 0 saturated carbocycles. The molecule has 4 rings (SSSR count). The number of hydrogen-bond acceptors (Lipinski definition) is 8. The maximum atomic E-state index is 10.1. The summed E-state index contributed by atoms with van der Waals surface area (Å²) < 4.78 is 17.0. The zero-order chi connectivity index (χ0) is 19.8. The van der Waals surface area contributed by atoms with Crippen molar-refractivity contribution in [3.63, 3.8) is 0 Å². The van der Waals surface area contributed by atoms with Crippen molar-refractivity contribution >= 4 is 0 Å². The zero-order valence-electron chi connectivity index (χ0n) is 14.9. The summed E-state index contributed by atoms with van der Waals surface area (Å²) in [6.07, 6.45) is -4.20. The van der Waals surface area contributed by atoms with Gasteiger partial charge in [0.1, 0.15) is 47.4 Å². The van der Waals surface area contributed by atoms with Gasteiger partial charge >= 0.3 is 0 Å².